The molecule has 2 heterocycles. The largest absolute Gasteiger partial charge is 0.301 e. The molecule has 1 fully saturated rings. The third kappa shape index (κ3) is 4.65. The number of likely N-dealkylation sites (tertiary alicyclic amines) is 1. The van der Waals surface area contributed by atoms with Crippen LogP contribution in [0.3, 0.4) is 0 Å². The summed E-state index contributed by atoms with van der Waals surface area (Å²) >= 11 is 1.45. The van der Waals surface area contributed by atoms with Crippen LogP contribution in [0.2, 0.25) is 0 Å². The summed E-state index contributed by atoms with van der Waals surface area (Å²) in [7, 11) is 0. The van der Waals surface area contributed by atoms with Gasteiger partial charge in [0.15, 0.2) is 5.16 Å². The minimum absolute atomic E-state index is 0.0628. The van der Waals surface area contributed by atoms with E-state index in [1.165, 1.54) is 43.2 Å². The zero-order chi connectivity index (χ0) is 16.1. The van der Waals surface area contributed by atoms with Gasteiger partial charge in [0.05, 0.1) is 0 Å². The Morgan fingerprint density at radius 2 is 1.91 bits per heavy atom. The molecule has 1 aliphatic heterocycles. The smallest absolute Gasteiger partial charge is 0.256 e. The van der Waals surface area contributed by atoms with Crippen LogP contribution in [0.25, 0.3) is 0 Å². The molecule has 1 aromatic heterocycles. The number of halogens is 1. The third-order valence-electron chi connectivity index (χ3n) is 3.98. The first kappa shape index (κ1) is 16.2. The normalized spacial score (nSPS) is 15.7. The van der Waals surface area contributed by atoms with Crippen molar-refractivity contribution in [3.63, 3.8) is 0 Å². The monoisotopic (exact) mass is 333 g/mol. The molecule has 1 N–H and O–H groups in total. The van der Waals surface area contributed by atoms with E-state index in [1.54, 1.807) is 18.3 Å². The standard InChI is InChI=1S/C17H20FN3OS/c18-15-6-4-13(5-7-15)12-23-17-19-10-14(16(22)20-17)11-21-8-2-1-3-9-21/h4-7,10H,1-3,8-9,11-12H2,(H,19,20,22). The molecule has 0 spiro atoms. The predicted octanol–water partition coefficient (Wildman–Crippen LogP) is 3.19. The molecule has 0 bridgehead atoms. The van der Waals surface area contributed by atoms with E-state index < -0.39 is 0 Å². The van der Waals surface area contributed by atoms with Crippen LogP contribution in [0.5, 0.6) is 0 Å². The third-order valence-corrected chi connectivity index (χ3v) is 4.94. The lowest BCUT2D eigenvalue weighted by molar-refractivity contribution is 0.219. The molecule has 2 aromatic rings. The van der Waals surface area contributed by atoms with Crippen LogP contribution in [-0.4, -0.2) is 28.0 Å². The maximum absolute atomic E-state index is 12.9. The Balaban J connectivity index is 1.59. The lowest BCUT2D eigenvalue weighted by Crippen LogP contribution is -2.31. The first-order valence-corrected chi connectivity index (χ1v) is 8.87. The summed E-state index contributed by atoms with van der Waals surface area (Å²) in [5.41, 5.74) is 1.65. The number of nitrogens with zero attached hydrogens (tertiary/aromatic N) is 2. The number of nitrogens with one attached hydrogen (secondary N) is 1. The van der Waals surface area contributed by atoms with E-state index >= 15 is 0 Å². The van der Waals surface area contributed by atoms with E-state index in [0.29, 0.717) is 17.5 Å². The molecule has 0 radical (unpaired) electrons. The summed E-state index contributed by atoms with van der Waals surface area (Å²) in [6.07, 6.45) is 5.37. The summed E-state index contributed by atoms with van der Waals surface area (Å²) < 4.78 is 12.9. The molecular formula is C17H20FN3OS. The van der Waals surface area contributed by atoms with Gasteiger partial charge in [-0.15, -0.1) is 0 Å². The van der Waals surface area contributed by atoms with Crippen LogP contribution in [0, 0.1) is 5.82 Å². The second kappa shape index (κ2) is 7.75. The number of rotatable bonds is 5. The molecule has 6 heteroatoms. The van der Waals surface area contributed by atoms with Gasteiger partial charge >= 0.3 is 0 Å². The van der Waals surface area contributed by atoms with Crippen LogP contribution in [0.4, 0.5) is 4.39 Å². The summed E-state index contributed by atoms with van der Waals surface area (Å²) in [6, 6.07) is 6.36. The predicted molar refractivity (Wildman–Crippen MR) is 89.9 cm³/mol. The maximum atomic E-state index is 12.9. The topological polar surface area (TPSA) is 49.0 Å². The molecule has 3 rings (SSSR count). The Bertz CT molecular complexity index is 696. The van der Waals surface area contributed by atoms with E-state index in [1.807, 2.05) is 0 Å². The van der Waals surface area contributed by atoms with Crippen molar-refractivity contribution in [3.05, 3.63) is 57.8 Å². The minimum atomic E-state index is -0.243. The van der Waals surface area contributed by atoms with Crippen molar-refractivity contribution in [2.24, 2.45) is 0 Å². The zero-order valence-corrected chi connectivity index (χ0v) is 13.7. The number of thioether (sulfide) groups is 1. The molecule has 23 heavy (non-hydrogen) atoms. The molecule has 0 saturated carbocycles. The number of hydrogen-bond acceptors (Lipinski definition) is 4. The van der Waals surface area contributed by atoms with E-state index in [9.17, 15) is 9.18 Å². The summed E-state index contributed by atoms with van der Waals surface area (Å²) in [4.78, 5) is 21.7. The lowest BCUT2D eigenvalue weighted by atomic mass is 10.1. The molecule has 4 nitrogen and oxygen atoms in total. The molecule has 0 atom stereocenters. The van der Waals surface area contributed by atoms with Gasteiger partial charge in [0.2, 0.25) is 0 Å². The fourth-order valence-corrected chi connectivity index (χ4v) is 3.47. The van der Waals surface area contributed by atoms with Gasteiger partial charge in [-0.3, -0.25) is 9.69 Å². The molecule has 1 aliphatic rings. The second-order valence-corrected chi connectivity index (χ2v) is 6.76. The number of aromatic amines is 1. The van der Waals surface area contributed by atoms with Crippen LogP contribution >= 0.6 is 11.8 Å². The first-order valence-electron chi connectivity index (χ1n) is 7.88. The lowest BCUT2D eigenvalue weighted by Gasteiger charge is -2.25. The highest BCUT2D eigenvalue weighted by Crippen LogP contribution is 2.18. The van der Waals surface area contributed by atoms with Crippen LogP contribution < -0.4 is 5.56 Å². The number of hydrogen-bond donors (Lipinski definition) is 1. The van der Waals surface area contributed by atoms with Gasteiger partial charge in [0, 0.05) is 24.1 Å². The molecular weight excluding hydrogens is 313 g/mol. The van der Waals surface area contributed by atoms with Crippen molar-refractivity contribution < 1.29 is 4.39 Å². The number of aromatic nitrogens is 2. The zero-order valence-electron chi connectivity index (χ0n) is 12.9. The molecule has 122 valence electrons. The van der Waals surface area contributed by atoms with Crippen LogP contribution in [-0.2, 0) is 12.3 Å². The first-order chi connectivity index (χ1) is 11.2. The van der Waals surface area contributed by atoms with Gasteiger partial charge < -0.3 is 4.98 Å². The molecule has 0 aliphatic carbocycles. The van der Waals surface area contributed by atoms with Crippen LogP contribution in [0.1, 0.15) is 30.4 Å². The minimum Gasteiger partial charge on any atom is -0.301 e. The van der Waals surface area contributed by atoms with Gasteiger partial charge in [-0.2, -0.15) is 0 Å². The van der Waals surface area contributed by atoms with Crippen molar-refractivity contribution >= 4 is 11.8 Å². The van der Waals surface area contributed by atoms with E-state index in [4.69, 9.17) is 0 Å². The number of benzene rings is 1. The van der Waals surface area contributed by atoms with Crippen LogP contribution in [0.15, 0.2) is 40.4 Å². The highest BCUT2D eigenvalue weighted by Gasteiger charge is 2.13. The van der Waals surface area contributed by atoms with Crippen molar-refractivity contribution in [2.75, 3.05) is 13.1 Å². The maximum Gasteiger partial charge on any atom is 0.256 e. The van der Waals surface area contributed by atoms with Gasteiger partial charge in [-0.05, 0) is 43.6 Å². The molecule has 1 aromatic carbocycles. The fourth-order valence-electron chi connectivity index (χ4n) is 2.68. The highest BCUT2D eigenvalue weighted by molar-refractivity contribution is 7.98. The van der Waals surface area contributed by atoms with Crippen molar-refractivity contribution in [3.8, 4) is 0 Å². The average Bonchev–Trinajstić information content (AvgIpc) is 2.57. The van der Waals surface area contributed by atoms with E-state index in [0.717, 1.165) is 24.2 Å². The number of piperidine rings is 1. The Morgan fingerprint density at radius 1 is 1.17 bits per heavy atom. The Kier molecular flexibility index (Phi) is 5.46. The van der Waals surface area contributed by atoms with E-state index in [-0.39, 0.29) is 11.4 Å². The Labute approximate surface area is 139 Å². The fraction of sp³-hybridized carbons (Fsp3) is 0.412. The Hall–Kier alpha value is -1.66. The summed E-state index contributed by atoms with van der Waals surface area (Å²) in [6.45, 7) is 2.78. The van der Waals surface area contributed by atoms with Gasteiger partial charge in [-0.1, -0.05) is 30.3 Å². The van der Waals surface area contributed by atoms with Crippen molar-refractivity contribution in [1.29, 1.82) is 0 Å². The average molecular weight is 333 g/mol. The number of H-pyrrole nitrogens is 1. The SMILES string of the molecule is O=c1[nH]c(SCc2ccc(F)cc2)ncc1CN1CCCCC1. The molecule has 1 saturated heterocycles. The second-order valence-electron chi connectivity index (χ2n) is 5.79. The quantitative estimate of drug-likeness (QED) is 0.674. The van der Waals surface area contributed by atoms with Crippen molar-refractivity contribution in [2.45, 2.75) is 36.7 Å². The highest BCUT2D eigenvalue weighted by atomic mass is 32.2. The van der Waals surface area contributed by atoms with Gasteiger partial charge in [-0.25, -0.2) is 9.37 Å². The molecule has 0 unspecified atom stereocenters. The summed E-state index contributed by atoms with van der Waals surface area (Å²) in [5.74, 6) is 0.404. The molecule has 0 amide bonds. The van der Waals surface area contributed by atoms with Gasteiger partial charge in [0.1, 0.15) is 5.82 Å². The summed E-state index contributed by atoms with van der Waals surface area (Å²) in [5, 5.41) is 0.599. The Morgan fingerprint density at radius 3 is 2.61 bits per heavy atom. The van der Waals surface area contributed by atoms with Crippen molar-refractivity contribution in [1.82, 2.24) is 14.9 Å². The van der Waals surface area contributed by atoms with Gasteiger partial charge in [0.25, 0.3) is 5.56 Å². The van der Waals surface area contributed by atoms with E-state index in [2.05, 4.69) is 14.9 Å².